The van der Waals surface area contributed by atoms with E-state index in [1.54, 1.807) is 12.1 Å². The quantitative estimate of drug-likeness (QED) is 0.811. The van der Waals surface area contributed by atoms with Gasteiger partial charge in [0.1, 0.15) is 6.61 Å². The zero-order valence-corrected chi connectivity index (χ0v) is 15.6. The monoisotopic (exact) mass is 353 g/mol. The van der Waals surface area contributed by atoms with Gasteiger partial charge in [-0.05, 0) is 50.9 Å². The van der Waals surface area contributed by atoms with Gasteiger partial charge in [0.15, 0.2) is 0 Å². The molecule has 0 amide bonds. The van der Waals surface area contributed by atoms with E-state index >= 15 is 0 Å². The minimum Gasteiger partial charge on any atom is -0.462 e. The first kappa shape index (κ1) is 18.6. The van der Waals surface area contributed by atoms with Gasteiger partial charge in [0.05, 0.1) is 0 Å². The van der Waals surface area contributed by atoms with Gasteiger partial charge in [-0.1, -0.05) is 54.1 Å². The summed E-state index contributed by atoms with van der Waals surface area (Å²) in [7, 11) is 0. The number of esters is 1. The third-order valence-electron chi connectivity index (χ3n) is 5.11. The van der Waals surface area contributed by atoms with Crippen LogP contribution in [-0.2, 0) is 15.1 Å². The van der Waals surface area contributed by atoms with Crippen molar-refractivity contribution in [2.75, 3.05) is 26.2 Å². The highest BCUT2D eigenvalue weighted by molar-refractivity contribution is 5.86. The molecule has 4 heteroatoms. The van der Waals surface area contributed by atoms with Crippen LogP contribution >= 0.6 is 0 Å². The van der Waals surface area contributed by atoms with Crippen molar-refractivity contribution in [3.63, 3.8) is 0 Å². The predicted octanol–water partition coefficient (Wildman–Crippen LogP) is 3.18. The molecule has 1 atom stereocenters. The molecule has 26 heavy (non-hydrogen) atoms. The summed E-state index contributed by atoms with van der Waals surface area (Å²) >= 11 is 0. The number of rotatable bonds is 6. The SMILES string of the molecule is Cc1ccc(C)c(C(O)(C(=O)OCCN2CCCC2)c2ccccc2)c1. The molecule has 1 aliphatic heterocycles. The lowest BCUT2D eigenvalue weighted by molar-refractivity contribution is -0.162. The van der Waals surface area contributed by atoms with Crippen molar-refractivity contribution in [2.24, 2.45) is 0 Å². The summed E-state index contributed by atoms with van der Waals surface area (Å²) in [6.45, 7) is 6.96. The summed E-state index contributed by atoms with van der Waals surface area (Å²) in [6.07, 6.45) is 2.40. The molecule has 1 N–H and O–H groups in total. The van der Waals surface area contributed by atoms with Gasteiger partial charge < -0.3 is 9.84 Å². The lowest BCUT2D eigenvalue weighted by Crippen LogP contribution is -2.40. The smallest absolute Gasteiger partial charge is 0.347 e. The number of aryl methyl sites for hydroxylation is 2. The lowest BCUT2D eigenvalue weighted by atomic mass is 9.83. The summed E-state index contributed by atoms with van der Waals surface area (Å²) in [5.74, 6) is -0.614. The molecule has 0 spiro atoms. The fourth-order valence-electron chi connectivity index (χ4n) is 3.57. The Labute approximate surface area is 155 Å². The number of nitrogens with zero attached hydrogens (tertiary/aromatic N) is 1. The predicted molar refractivity (Wildman–Crippen MR) is 102 cm³/mol. The summed E-state index contributed by atoms with van der Waals surface area (Å²) in [4.78, 5) is 15.3. The number of hydrogen-bond donors (Lipinski definition) is 1. The second kappa shape index (κ2) is 8.02. The third-order valence-corrected chi connectivity index (χ3v) is 5.11. The molecule has 1 saturated heterocycles. The molecule has 0 aromatic heterocycles. The summed E-state index contributed by atoms with van der Waals surface area (Å²) in [6, 6.07) is 14.8. The standard InChI is InChI=1S/C22H27NO3/c1-17-10-11-18(2)20(16-17)22(25,19-8-4-3-5-9-19)21(24)26-15-14-23-12-6-7-13-23/h3-5,8-11,16,25H,6-7,12-15H2,1-2H3. The molecule has 1 unspecified atom stereocenters. The van der Waals surface area contributed by atoms with E-state index < -0.39 is 11.6 Å². The van der Waals surface area contributed by atoms with Gasteiger partial charge >= 0.3 is 5.97 Å². The summed E-state index contributed by atoms with van der Waals surface area (Å²) in [5.41, 5.74) is 1.15. The molecule has 0 saturated carbocycles. The van der Waals surface area contributed by atoms with Crippen LogP contribution < -0.4 is 0 Å². The van der Waals surface area contributed by atoms with Crippen molar-refractivity contribution >= 4 is 5.97 Å². The first-order chi connectivity index (χ1) is 12.5. The average molecular weight is 353 g/mol. The number of aliphatic hydroxyl groups is 1. The van der Waals surface area contributed by atoms with Crippen LogP contribution in [0, 0.1) is 13.8 Å². The zero-order valence-electron chi connectivity index (χ0n) is 15.6. The maximum atomic E-state index is 13.0. The Bertz CT molecular complexity index is 753. The van der Waals surface area contributed by atoms with Gasteiger partial charge in [0.25, 0.3) is 0 Å². The molecule has 138 valence electrons. The summed E-state index contributed by atoms with van der Waals surface area (Å²) < 4.78 is 5.54. The Kier molecular flexibility index (Phi) is 5.74. The number of hydrogen-bond acceptors (Lipinski definition) is 4. The number of ether oxygens (including phenoxy) is 1. The Morgan fingerprint density at radius 2 is 1.81 bits per heavy atom. The zero-order chi connectivity index (χ0) is 18.6. The highest BCUT2D eigenvalue weighted by atomic mass is 16.5. The van der Waals surface area contributed by atoms with E-state index in [1.807, 2.05) is 50.2 Å². The van der Waals surface area contributed by atoms with Crippen LogP contribution in [0.15, 0.2) is 48.5 Å². The largest absolute Gasteiger partial charge is 0.462 e. The van der Waals surface area contributed by atoms with Crippen LogP contribution in [0.2, 0.25) is 0 Å². The average Bonchev–Trinajstić information content (AvgIpc) is 3.17. The van der Waals surface area contributed by atoms with E-state index in [9.17, 15) is 9.90 Å². The molecule has 0 radical (unpaired) electrons. The van der Waals surface area contributed by atoms with Crippen LogP contribution in [-0.4, -0.2) is 42.2 Å². The van der Waals surface area contributed by atoms with Crippen LogP contribution in [0.4, 0.5) is 0 Å². The van der Waals surface area contributed by atoms with Gasteiger partial charge in [0.2, 0.25) is 5.60 Å². The van der Waals surface area contributed by atoms with Crippen molar-refractivity contribution in [1.29, 1.82) is 0 Å². The van der Waals surface area contributed by atoms with E-state index in [0.29, 0.717) is 24.3 Å². The first-order valence-electron chi connectivity index (χ1n) is 9.27. The first-order valence-corrected chi connectivity index (χ1v) is 9.27. The maximum Gasteiger partial charge on any atom is 0.347 e. The fraction of sp³-hybridized carbons (Fsp3) is 0.409. The van der Waals surface area contributed by atoms with Gasteiger partial charge in [0, 0.05) is 12.1 Å². The summed E-state index contributed by atoms with van der Waals surface area (Å²) in [5, 5.41) is 11.5. The number of carbonyl (C=O) groups excluding carboxylic acids is 1. The molecule has 1 heterocycles. The second-order valence-corrected chi connectivity index (χ2v) is 7.08. The number of benzene rings is 2. The van der Waals surface area contributed by atoms with Gasteiger partial charge in [-0.3, -0.25) is 4.90 Å². The minimum absolute atomic E-state index is 0.291. The fourth-order valence-corrected chi connectivity index (χ4v) is 3.57. The van der Waals surface area contributed by atoms with Crippen LogP contribution in [0.1, 0.15) is 35.1 Å². The molecule has 1 fully saturated rings. The van der Waals surface area contributed by atoms with Gasteiger partial charge in [-0.2, -0.15) is 0 Å². The highest BCUT2D eigenvalue weighted by Crippen LogP contribution is 2.33. The molecule has 3 rings (SSSR count). The maximum absolute atomic E-state index is 13.0. The van der Waals surface area contributed by atoms with Crippen molar-refractivity contribution < 1.29 is 14.6 Å². The number of likely N-dealkylation sites (tertiary alicyclic amines) is 1. The Hall–Kier alpha value is -2.17. The second-order valence-electron chi connectivity index (χ2n) is 7.08. The van der Waals surface area contributed by atoms with E-state index in [0.717, 1.165) is 24.2 Å². The van der Waals surface area contributed by atoms with Crippen molar-refractivity contribution in [2.45, 2.75) is 32.3 Å². The van der Waals surface area contributed by atoms with Crippen molar-refractivity contribution in [1.82, 2.24) is 4.90 Å². The Morgan fingerprint density at radius 3 is 2.50 bits per heavy atom. The lowest BCUT2D eigenvalue weighted by Gasteiger charge is -2.29. The van der Waals surface area contributed by atoms with E-state index in [4.69, 9.17) is 4.74 Å². The van der Waals surface area contributed by atoms with Crippen molar-refractivity contribution in [3.05, 3.63) is 70.8 Å². The third kappa shape index (κ3) is 3.81. The van der Waals surface area contributed by atoms with Gasteiger partial charge in [-0.15, -0.1) is 0 Å². The van der Waals surface area contributed by atoms with Crippen LogP contribution in [0.5, 0.6) is 0 Å². The Balaban J connectivity index is 1.87. The molecule has 1 aliphatic rings. The van der Waals surface area contributed by atoms with Gasteiger partial charge in [-0.25, -0.2) is 4.79 Å². The van der Waals surface area contributed by atoms with E-state index in [-0.39, 0.29) is 0 Å². The highest BCUT2D eigenvalue weighted by Gasteiger charge is 2.42. The van der Waals surface area contributed by atoms with E-state index in [1.165, 1.54) is 12.8 Å². The van der Waals surface area contributed by atoms with E-state index in [2.05, 4.69) is 4.90 Å². The molecule has 0 aliphatic carbocycles. The van der Waals surface area contributed by atoms with Crippen LogP contribution in [0.3, 0.4) is 0 Å². The number of carbonyl (C=O) groups is 1. The van der Waals surface area contributed by atoms with Crippen molar-refractivity contribution in [3.8, 4) is 0 Å². The minimum atomic E-state index is -1.80. The molecule has 0 bridgehead atoms. The molecule has 4 nitrogen and oxygen atoms in total. The normalized spacial score (nSPS) is 17.0. The molecular weight excluding hydrogens is 326 g/mol. The topological polar surface area (TPSA) is 49.8 Å². The molecule has 2 aromatic carbocycles. The molecular formula is C22H27NO3. The van der Waals surface area contributed by atoms with Crippen LogP contribution in [0.25, 0.3) is 0 Å². The Morgan fingerprint density at radius 1 is 1.12 bits per heavy atom. The molecule has 2 aromatic rings.